The Morgan fingerprint density at radius 2 is 2.14 bits per heavy atom. The summed E-state index contributed by atoms with van der Waals surface area (Å²) in [6.45, 7) is 1.90. The summed E-state index contributed by atoms with van der Waals surface area (Å²) < 4.78 is 0. The van der Waals surface area contributed by atoms with E-state index in [1.807, 2.05) is 19.1 Å². The zero-order chi connectivity index (χ0) is 10.6. The highest BCUT2D eigenvalue weighted by Crippen LogP contribution is 2.19. The first kappa shape index (κ1) is 10.2. The highest BCUT2D eigenvalue weighted by Gasteiger charge is 2.08. The van der Waals surface area contributed by atoms with Gasteiger partial charge in [0.2, 0.25) is 0 Å². The maximum Gasteiger partial charge on any atom is 0.0991 e. The van der Waals surface area contributed by atoms with Gasteiger partial charge in [-0.2, -0.15) is 10.5 Å². The second-order valence-electron chi connectivity index (χ2n) is 3.15. The van der Waals surface area contributed by atoms with Crippen LogP contribution in [0.2, 0.25) is 0 Å². The second kappa shape index (κ2) is 4.41. The summed E-state index contributed by atoms with van der Waals surface area (Å²) in [5.74, 6) is 0. The number of rotatable bonds is 2. The van der Waals surface area contributed by atoms with Crippen LogP contribution < -0.4 is 5.73 Å². The van der Waals surface area contributed by atoms with Gasteiger partial charge in [0.15, 0.2) is 0 Å². The molecule has 14 heavy (non-hydrogen) atoms. The molecule has 0 aromatic heterocycles. The molecule has 1 unspecified atom stereocenters. The Bertz CT molecular complexity index is 410. The van der Waals surface area contributed by atoms with Crippen LogP contribution in [0.25, 0.3) is 0 Å². The lowest BCUT2D eigenvalue weighted by molar-refractivity contribution is 0.742. The van der Waals surface area contributed by atoms with Crippen molar-refractivity contribution in [1.29, 1.82) is 10.5 Å². The van der Waals surface area contributed by atoms with Crippen molar-refractivity contribution < 1.29 is 0 Å². The van der Waals surface area contributed by atoms with Gasteiger partial charge in [-0.05, 0) is 30.2 Å². The summed E-state index contributed by atoms with van der Waals surface area (Å²) in [6, 6.07) is 9.16. The van der Waals surface area contributed by atoms with Crippen LogP contribution in [0.4, 0.5) is 0 Å². The van der Waals surface area contributed by atoms with Crippen LogP contribution in [0.1, 0.15) is 29.2 Å². The van der Waals surface area contributed by atoms with Gasteiger partial charge in [0.1, 0.15) is 0 Å². The molecule has 2 N–H and O–H groups in total. The smallest absolute Gasteiger partial charge is 0.0991 e. The normalized spacial score (nSPS) is 11.4. The van der Waals surface area contributed by atoms with E-state index in [1.165, 1.54) is 0 Å². The molecule has 0 saturated heterocycles. The fourth-order valence-electron chi connectivity index (χ4n) is 1.37. The first-order chi connectivity index (χ1) is 6.69. The minimum absolute atomic E-state index is 0.257. The summed E-state index contributed by atoms with van der Waals surface area (Å²) in [5, 5.41) is 17.2. The van der Waals surface area contributed by atoms with Gasteiger partial charge in [0, 0.05) is 6.04 Å². The van der Waals surface area contributed by atoms with Crippen LogP contribution in [-0.2, 0) is 0 Å². The lowest BCUT2D eigenvalue weighted by Gasteiger charge is -2.11. The van der Waals surface area contributed by atoms with Gasteiger partial charge in [-0.3, -0.25) is 0 Å². The van der Waals surface area contributed by atoms with Gasteiger partial charge in [-0.15, -0.1) is 0 Å². The fraction of sp³-hybridized carbons (Fsp3) is 0.273. The molecule has 0 amide bonds. The third-order valence-corrected chi connectivity index (χ3v) is 2.11. The van der Waals surface area contributed by atoms with E-state index >= 15 is 0 Å². The highest BCUT2D eigenvalue weighted by molar-refractivity contribution is 5.39. The molecule has 0 fully saturated rings. The summed E-state index contributed by atoms with van der Waals surface area (Å²) in [6.07, 6.45) is 0.298. The molecule has 3 heteroatoms. The molecular weight excluding hydrogens is 174 g/mol. The zero-order valence-corrected chi connectivity index (χ0v) is 7.99. The molecule has 0 heterocycles. The molecule has 0 bridgehead atoms. The summed E-state index contributed by atoms with van der Waals surface area (Å²) in [7, 11) is 0. The highest BCUT2D eigenvalue weighted by atomic mass is 14.6. The Balaban J connectivity index is 3.02. The van der Waals surface area contributed by atoms with Crippen molar-refractivity contribution in [3.8, 4) is 12.1 Å². The van der Waals surface area contributed by atoms with Crippen molar-refractivity contribution in [2.45, 2.75) is 19.4 Å². The molecule has 1 atom stereocenters. The van der Waals surface area contributed by atoms with Gasteiger partial charge in [-0.1, -0.05) is 6.07 Å². The van der Waals surface area contributed by atoms with Gasteiger partial charge in [0.05, 0.1) is 24.1 Å². The van der Waals surface area contributed by atoms with Gasteiger partial charge in [0.25, 0.3) is 0 Å². The quantitative estimate of drug-likeness (QED) is 0.763. The molecule has 0 radical (unpaired) electrons. The second-order valence-corrected chi connectivity index (χ2v) is 3.15. The summed E-state index contributed by atoms with van der Waals surface area (Å²) in [5.41, 5.74) is 8.31. The average Bonchev–Trinajstić information content (AvgIpc) is 2.17. The third-order valence-electron chi connectivity index (χ3n) is 2.11. The van der Waals surface area contributed by atoms with E-state index in [0.29, 0.717) is 12.0 Å². The minimum Gasteiger partial charge on any atom is -0.323 e. The van der Waals surface area contributed by atoms with Crippen LogP contribution in [0.15, 0.2) is 18.2 Å². The maximum absolute atomic E-state index is 8.66. The van der Waals surface area contributed by atoms with Crippen molar-refractivity contribution in [1.82, 2.24) is 0 Å². The number of hydrogen-bond donors (Lipinski definition) is 1. The van der Waals surface area contributed by atoms with E-state index < -0.39 is 0 Å². The number of aryl methyl sites for hydroxylation is 1. The van der Waals surface area contributed by atoms with Crippen LogP contribution >= 0.6 is 0 Å². The Kier molecular flexibility index (Phi) is 3.23. The van der Waals surface area contributed by atoms with E-state index in [0.717, 1.165) is 11.1 Å². The maximum atomic E-state index is 8.66. The Morgan fingerprint density at radius 1 is 1.43 bits per heavy atom. The number of nitrogens with zero attached hydrogens (tertiary/aromatic N) is 2. The predicted octanol–water partition coefficient (Wildman–Crippen LogP) is 1.78. The minimum atomic E-state index is -0.257. The Morgan fingerprint density at radius 3 is 2.64 bits per heavy atom. The van der Waals surface area contributed by atoms with Crippen molar-refractivity contribution >= 4 is 0 Å². The molecule has 0 aliphatic carbocycles. The van der Waals surface area contributed by atoms with Gasteiger partial charge < -0.3 is 5.73 Å². The molecule has 1 aromatic carbocycles. The number of hydrogen-bond acceptors (Lipinski definition) is 3. The van der Waals surface area contributed by atoms with Crippen molar-refractivity contribution in [3.63, 3.8) is 0 Å². The number of nitrogens with two attached hydrogens (primary N) is 1. The van der Waals surface area contributed by atoms with E-state index in [2.05, 4.69) is 6.07 Å². The SMILES string of the molecule is Cc1cc(C#N)ccc1C(N)CC#N. The largest absolute Gasteiger partial charge is 0.323 e. The average molecular weight is 185 g/mol. The third kappa shape index (κ3) is 2.10. The van der Waals surface area contributed by atoms with E-state index in [4.69, 9.17) is 16.3 Å². The Labute approximate surface area is 83.4 Å². The van der Waals surface area contributed by atoms with Crippen molar-refractivity contribution in [2.75, 3.05) is 0 Å². The molecule has 1 rings (SSSR count). The number of nitriles is 2. The van der Waals surface area contributed by atoms with E-state index in [9.17, 15) is 0 Å². The molecule has 0 aliphatic heterocycles. The van der Waals surface area contributed by atoms with Gasteiger partial charge in [-0.25, -0.2) is 0 Å². The van der Waals surface area contributed by atoms with Crippen LogP contribution in [0.3, 0.4) is 0 Å². The fourth-order valence-corrected chi connectivity index (χ4v) is 1.37. The van der Waals surface area contributed by atoms with Gasteiger partial charge >= 0.3 is 0 Å². The van der Waals surface area contributed by atoms with Crippen LogP contribution in [-0.4, -0.2) is 0 Å². The predicted molar refractivity (Wildman–Crippen MR) is 53.1 cm³/mol. The molecule has 70 valence electrons. The number of benzene rings is 1. The summed E-state index contributed by atoms with van der Waals surface area (Å²) >= 11 is 0. The first-order valence-corrected chi connectivity index (χ1v) is 4.32. The molecule has 0 saturated carbocycles. The molecule has 0 spiro atoms. The zero-order valence-electron chi connectivity index (χ0n) is 7.99. The Hall–Kier alpha value is -1.84. The van der Waals surface area contributed by atoms with Crippen LogP contribution in [0, 0.1) is 29.6 Å². The monoisotopic (exact) mass is 185 g/mol. The van der Waals surface area contributed by atoms with Crippen LogP contribution in [0.5, 0.6) is 0 Å². The van der Waals surface area contributed by atoms with E-state index in [1.54, 1.807) is 12.1 Å². The molecule has 3 nitrogen and oxygen atoms in total. The molecule has 1 aromatic rings. The molecule has 0 aliphatic rings. The first-order valence-electron chi connectivity index (χ1n) is 4.32. The standard InChI is InChI=1S/C11H11N3/c1-8-6-9(7-13)2-3-10(8)11(14)4-5-12/h2-3,6,11H,4,14H2,1H3. The molecular formula is C11H11N3. The lowest BCUT2D eigenvalue weighted by Crippen LogP contribution is -2.10. The lowest BCUT2D eigenvalue weighted by atomic mass is 9.98. The van der Waals surface area contributed by atoms with Crippen molar-refractivity contribution in [2.24, 2.45) is 5.73 Å². The topological polar surface area (TPSA) is 73.6 Å². The summed E-state index contributed by atoms with van der Waals surface area (Å²) in [4.78, 5) is 0. The van der Waals surface area contributed by atoms with Crippen molar-refractivity contribution in [3.05, 3.63) is 34.9 Å². The van der Waals surface area contributed by atoms with E-state index in [-0.39, 0.29) is 6.04 Å².